The van der Waals surface area contributed by atoms with E-state index >= 15 is 0 Å². The molecule has 20 heavy (non-hydrogen) atoms. The minimum atomic E-state index is -0.708. The zero-order chi connectivity index (χ0) is 15.8. The first-order valence-corrected chi connectivity index (χ1v) is 6.35. The summed E-state index contributed by atoms with van der Waals surface area (Å²) in [5.41, 5.74) is -0.432. The van der Waals surface area contributed by atoms with Crippen LogP contribution in [0.2, 0.25) is 10.0 Å². The van der Waals surface area contributed by atoms with Gasteiger partial charge in [0.2, 0.25) is 0 Å². The molecule has 0 radical (unpaired) electrons. The highest BCUT2D eigenvalue weighted by Gasteiger charge is 2.20. The van der Waals surface area contributed by atoms with Gasteiger partial charge in [-0.1, -0.05) is 30.1 Å². The maximum atomic E-state index is 10.5. The zero-order valence-electron chi connectivity index (χ0n) is 10.8. The van der Waals surface area contributed by atoms with E-state index in [1.165, 1.54) is 12.1 Å². The summed E-state index contributed by atoms with van der Waals surface area (Å²) in [6.07, 6.45) is 1.02. The lowest BCUT2D eigenvalue weighted by Gasteiger charge is -2.20. The topological polar surface area (TPSA) is 94.8 Å². The number of rotatable bonds is 5. The van der Waals surface area contributed by atoms with Gasteiger partial charge in [0, 0.05) is 16.5 Å². The van der Waals surface area contributed by atoms with E-state index in [2.05, 4.69) is 0 Å². The third-order valence-electron chi connectivity index (χ3n) is 2.56. The van der Waals surface area contributed by atoms with Crippen molar-refractivity contribution in [1.82, 2.24) is 0 Å². The minimum absolute atomic E-state index is 0.138. The summed E-state index contributed by atoms with van der Waals surface area (Å²) in [5, 5.41) is 25.9. The largest absolute Gasteiger partial charge is 0.396 e. The number of hydrogen-bond acceptors (Lipinski definition) is 5. The van der Waals surface area contributed by atoms with Gasteiger partial charge in [0.25, 0.3) is 0 Å². The standard InChI is InChI=1S/C8H4Cl2O2.C5H12O3/c9-7-1-2-8(10)6(4-12)5(7)3-11;1-5(2-6,3-7)4-8/h1-4H;6-8H,2-4H2,1H3. The van der Waals surface area contributed by atoms with Gasteiger partial charge < -0.3 is 15.3 Å². The van der Waals surface area contributed by atoms with Gasteiger partial charge in [0.05, 0.1) is 29.9 Å². The van der Waals surface area contributed by atoms with Gasteiger partial charge in [-0.05, 0) is 12.1 Å². The fraction of sp³-hybridized carbons (Fsp3) is 0.385. The molecule has 0 aliphatic heterocycles. The number of aldehydes is 2. The SMILES string of the molecule is CC(CO)(CO)CO.O=Cc1c(Cl)ccc(Cl)c1C=O. The molecule has 0 bridgehead atoms. The van der Waals surface area contributed by atoms with Crippen LogP contribution < -0.4 is 0 Å². The Labute approximate surface area is 126 Å². The molecule has 0 saturated heterocycles. The van der Waals surface area contributed by atoms with E-state index in [9.17, 15) is 9.59 Å². The first-order valence-electron chi connectivity index (χ1n) is 5.60. The lowest BCUT2D eigenvalue weighted by molar-refractivity contribution is 0.0200. The van der Waals surface area contributed by atoms with Gasteiger partial charge in [-0.15, -0.1) is 0 Å². The Morgan fingerprint density at radius 3 is 1.40 bits per heavy atom. The van der Waals surface area contributed by atoms with Crippen LogP contribution >= 0.6 is 23.2 Å². The molecular weight excluding hydrogens is 307 g/mol. The molecular formula is C13H16Cl2O5. The molecule has 0 spiro atoms. The van der Waals surface area contributed by atoms with Crippen LogP contribution in [0.25, 0.3) is 0 Å². The Morgan fingerprint density at radius 1 is 0.950 bits per heavy atom. The molecule has 1 aromatic rings. The molecule has 0 fully saturated rings. The monoisotopic (exact) mass is 322 g/mol. The van der Waals surface area contributed by atoms with Crippen LogP contribution in [0.4, 0.5) is 0 Å². The molecule has 5 nitrogen and oxygen atoms in total. The van der Waals surface area contributed by atoms with Crippen molar-refractivity contribution in [2.45, 2.75) is 6.92 Å². The predicted molar refractivity (Wildman–Crippen MR) is 76.6 cm³/mol. The Morgan fingerprint density at radius 2 is 1.25 bits per heavy atom. The van der Waals surface area contributed by atoms with Gasteiger partial charge >= 0.3 is 0 Å². The molecule has 112 valence electrons. The molecule has 0 saturated carbocycles. The number of aliphatic hydroxyl groups excluding tert-OH is 3. The molecule has 3 N–H and O–H groups in total. The van der Waals surface area contributed by atoms with Crippen molar-refractivity contribution in [3.63, 3.8) is 0 Å². The highest BCUT2D eigenvalue weighted by Crippen LogP contribution is 2.23. The second-order valence-corrected chi connectivity index (χ2v) is 5.19. The average Bonchev–Trinajstić information content (AvgIpc) is 2.49. The van der Waals surface area contributed by atoms with E-state index in [4.69, 9.17) is 38.5 Å². The Bertz CT molecular complexity index is 417. The van der Waals surface area contributed by atoms with E-state index < -0.39 is 5.41 Å². The van der Waals surface area contributed by atoms with Crippen molar-refractivity contribution < 1.29 is 24.9 Å². The normalized spacial score (nSPS) is 10.5. The predicted octanol–water partition coefficient (Wildman–Crippen LogP) is 1.59. The highest BCUT2D eigenvalue weighted by molar-refractivity contribution is 6.37. The van der Waals surface area contributed by atoms with E-state index in [-0.39, 0.29) is 41.0 Å². The van der Waals surface area contributed by atoms with Crippen LogP contribution in [0.3, 0.4) is 0 Å². The molecule has 1 aromatic carbocycles. The molecule has 0 amide bonds. The summed E-state index contributed by atoms with van der Waals surface area (Å²) in [7, 11) is 0. The number of benzene rings is 1. The molecule has 0 aliphatic carbocycles. The summed E-state index contributed by atoms with van der Waals surface area (Å²) in [4.78, 5) is 20.9. The Balaban J connectivity index is 0.000000396. The van der Waals surface area contributed by atoms with E-state index in [0.29, 0.717) is 12.6 Å². The van der Waals surface area contributed by atoms with E-state index in [1.54, 1.807) is 6.92 Å². The third kappa shape index (κ3) is 5.19. The smallest absolute Gasteiger partial charge is 0.152 e. The number of halogens is 2. The fourth-order valence-corrected chi connectivity index (χ4v) is 1.39. The lowest BCUT2D eigenvalue weighted by Crippen LogP contribution is -2.29. The molecule has 0 unspecified atom stereocenters. The first kappa shape index (κ1) is 19.0. The number of carbonyl (C=O) groups is 2. The van der Waals surface area contributed by atoms with Crippen molar-refractivity contribution >= 4 is 35.8 Å². The molecule has 0 aliphatic rings. The molecule has 0 atom stereocenters. The second-order valence-electron chi connectivity index (χ2n) is 4.38. The molecule has 7 heteroatoms. The number of aliphatic hydroxyl groups is 3. The van der Waals surface area contributed by atoms with Crippen molar-refractivity contribution in [2.75, 3.05) is 19.8 Å². The van der Waals surface area contributed by atoms with Crippen molar-refractivity contribution in [1.29, 1.82) is 0 Å². The highest BCUT2D eigenvalue weighted by atomic mass is 35.5. The van der Waals surface area contributed by atoms with Crippen LogP contribution in [-0.4, -0.2) is 47.7 Å². The first-order chi connectivity index (χ1) is 9.38. The van der Waals surface area contributed by atoms with Gasteiger partial charge in [-0.25, -0.2) is 0 Å². The summed E-state index contributed by atoms with van der Waals surface area (Å²) in [6, 6.07) is 2.95. The zero-order valence-corrected chi connectivity index (χ0v) is 12.4. The molecule has 0 aromatic heterocycles. The number of hydrogen-bond donors (Lipinski definition) is 3. The van der Waals surface area contributed by atoms with Crippen LogP contribution in [0.1, 0.15) is 27.6 Å². The molecule has 1 rings (SSSR count). The molecule has 0 heterocycles. The van der Waals surface area contributed by atoms with Gasteiger partial charge in [0.1, 0.15) is 0 Å². The van der Waals surface area contributed by atoms with Crippen LogP contribution in [0, 0.1) is 5.41 Å². The maximum Gasteiger partial charge on any atom is 0.152 e. The van der Waals surface area contributed by atoms with Crippen molar-refractivity contribution in [3.05, 3.63) is 33.3 Å². The maximum absolute atomic E-state index is 10.5. The van der Waals surface area contributed by atoms with Crippen LogP contribution in [-0.2, 0) is 0 Å². The average molecular weight is 323 g/mol. The van der Waals surface area contributed by atoms with Crippen molar-refractivity contribution in [2.24, 2.45) is 5.41 Å². The Hall–Kier alpha value is -0.980. The quantitative estimate of drug-likeness (QED) is 0.715. The Kier molecular flexibility index (Phi) is 8.60. The van der Waals surface area contributed by atoms with E-state index in [1.807, 2.05) is 0 Å². The van der Waals surface area contributed by atoms with Gasteiger partial charge in [-0.3, -0.25) is 9.59 Å². The van der Waals surface area contributed by atoms with Gasteiger partial charge in [-0.2, -0.15) is 0 Å². The summed E-state index contributed by atoms with van der Waals surface area (Å²) in [6.45, 7) is 1.06. The van der Waals surface area contributed by atoms with Crippen LogP contribution in [0.15, 0.2) is 12.1 Å². The minimum Gasteiger partial charge on any atom is -0.396 e. The second kappa shape index (κ2) is 9.05. The number of carbonyl (C=O) groups excluding carboxylic acids is 2. The fourth-order valence-electron chi connectivity index (χ4n) is 0.973. The summed E-state index contributed by atoms with van der Waals surface area (Å²) in [5.74, 6) is 0. The van der Waals surface area contributed by atoms with Gasteiger partial charge in [0.15, 0.2) is 12.6 Å². The third-order valence-corrected chi connectivity index (χ3v) is 3.22. The summed E-state index contributed by atoms with van der Waals surface area (Å²) < 4.78 is 0. The summed E-state index contributed by atoms with van der Waals surface area (Å²) >= 11 is 11.3. The van der Waals surface area contributed by atoms with Crippen molar-refractivity contribution in [3.8, 4) is 0 Å². The van der Waals surface area contributed by atoms with Crippen LogP contribution in [0.5, 0.6) is 0 Å². The lowest BCUT2D eigenvalue weighted by atomic mass is 9.95. The van der Waals surface area contributed by atoms with E-state index in [0.717, 1.165) is 0 Å².